The van der Waals surface area contributed by atoms with Gasteiger partial charge in [0.2, 0.25) is 0 Å². The van der Waals surface area contributed by atoms with Gasteiger partial charge in [0.25, 0.3) is 0 Å². The van der Waals surface area contributed by atoms with Crippen molar-refractivity contribution in [3.05, 3.63) is 0 Å². The summed E-state index contributed by atoms with van der Waals surface area (Å²) in [4.78, 5) is 10.5. The fourth-order valence-corrected chi connectivity index (χ4v) is 1.16. The predicted octanol–water partition coefficient (Wildman–Crippen LogP) is 0.247. The second kappa shape index (κ2) is 3.35. The highest BCUT2D eigenvalue weighted by molar-refractivity contribution is 5.70. The molecule has 0 bridgehead atoms. The number of carboxylic acid groups (broad SMARTS) is 1. The van der Waals surface area contributed by atoms with Gasteiger partial charge < -0.3 is 9.84 Å². The summed E-state index contributed by atoms with van der Waals surface area (Å²) in [5.41, 5.74) is 0. The molecule has 1 rings (SSSR count). The van der Waals surface area contributed by atoms with Crippen LogP contribution in [0.1, 0.15) is 6.42 Å². The average Bonchev–Trinajstić information content (AvgIpc) is 2.04. The molecule has 4 heteroatoms. The molecule has 1 N–H and O–H groups in total. The van der Waals surface area contributed by atoms with Crippen LogP contribution in [0.5, 0.6) is 0 Å². The third kappa shape index (κ3) is 1.69. The van der Waals surface area contributed by atoms with Crippen molar-refractivity contribution >= 4 is 5.97 Å². The van der Waals surface area contributed by atoms with Crippen LogP contribution in [0.3, 0.4) is 0 Å². The minimum Gasteiger partial charge on any atom is -0.481 e. The molecule has 0 amide bonds. The van der Waals surface area contributed by atoms with Crippen molar-refractivity contribution in [1.82, 2.24) is 0 Å². The number of nitrogens with zero attached hydrogens (tertiary/aromatic N) is 1. The Kier molecular flexibility index (Phi) is 2.44. The molecular weight excluding hydrogens is 146 g/mol. The fourth-order valence-electron chi connectivity index (χ4n) is 1.16. The first-order valence-corrected chi connectivity index (χ1v) is 3.46. The van der Waals surface area contributed by atoms with Crippen LogP contribution >= 0.6 is 0 Å². The number of nitriles is 1. The van der Waals surface area contributed by atoms with Gasteiger partial charge in [0.15, 0.2) is 0 Å². The molecule has 0 unspecified atom stereocenters. The van der Waals surface area contributed by atoms with Crippen LogP contribution in [0.2, 0.25) is 0 Å². The van der Waals surface area contributed by atoms with E-state index in [4.69, 9.17) is 15.1 Å². The quantitative estimate of drug-likeness (QED) is 0.589. The molecule has 0 aromatic heterocycles. The van der Waals surface area contributed by atoms with E-state index >= 15 is 0 Å². The Morgan fingerprint density at radius 3 is 2.91 bits per heavy atom. The Morgan fingerprint density at radius 2 is 2.45 bits per heavy atom. The number of carboxylic acids is 1. The van der Waals surface area contributed by atoms with Crippen molar-refractivity contribution in [2.75, 3.05) is 13.2 Å². The van der Waals surface area contributed by atoms with Gasteiger partial charge in [0.1, 0.15) is 0 Å². The summed E-state index contributed by atoms with van der Waals surface area (Å²) in [5.74, 6) is -1.89. The van der Waals surface area contributed by atoms with Crippen molar-refractivity contribution in [3.8, 4) is 6.07 Å². The molecule has 1 aliphatic rings. The smallest absolute Gasteiger partial charge is 0.308 e. The number of carbonyl (C=O) groups is 1. The van der Waals surface area contributed by atoms with Crippen LogP contribution in [-0.2, 0) is 9.53 Å². The summed E-state index contributed by atoms with van der Waals surface area (Å²) in [6.45, 7) is 0.711. The molecule has 1 heterocycles. The first kappa shape index (κ1) is 8.02. The van der Waals surface area contributed by atoms with Crippen LogP contribution in [0.25, 0.3) is 0 Å². The largest absolute Gasteiger partial charge is 0.481 e. The summed E-state index contributed by atoms with van der Waals surface area (Å²) >= 11 is 0. The van der Waals surface area contributed by atoms with Crippen molar-refractivity contribution in [1.29, 1.82) is 5.26 Å². The second-order valence-electron chi connectivity index (χ2n) is 2.54. The van der Waals surface area contributed by atoms with Crippen molar-refractivity contribution in [3.63, 3.8) is 0 Å². The standard InChI is InChI=1S/C7H9NO3/c8-3-5-4-11-2-1-6(5)7(9)10/h5-6H,1-2,4H2,(H,9,10)/t5-,6-/m1/s1. The van der Waals surface area contributed by atoms with E-state index in [1.807, 2.05) is 6.07 Å². The monoisotopic (exact) mass is 155 g/mol. The minimum absolute atomic E-state index is 0.257. The zero-order valence-electron chi connectivity index (χ0n) is 5.99. The Labute approximate surface area is 64.4 Å². The van der Waals surface area contributed by atoms with E-state index in [9.17, 15) is 4.79 Å². The van der Waals surface area contributed by atoms with Gasteiger partial charge >= 0.3 is 5.97 Å². The van der Waals surface area contributed by atoms with Gasteiger partial charge in [-0.05, 0) is 6.42 Å². The third-order valence-corrected chi connectivity index (χ3v) is 1.84. The van der Waals surface area contributed by atoms with E-state index in [0.29, 0.717) is 13.0 Å². The summed E-state index contributed by atoms with van der Waals surface area (Å²) in [6.07, 6.45) is 0.452. The molecule has 1 saturated heterocycles. The summed E-state index contributed by atoms with van der Waals surface area (Å²) in [6, 6.07) is 1.93. The van der Waals surface area contributed by atoms with E-state index in [1.165, 1.54) is 0 Å². The summed E-state index contributed by atoms with van der Waals surface area (Å²) < 4.78 is 4.97. The predicted molar refractivity (Wildman–Crippen MR) is 35.7 cm³/mol. The third-order valence-electron chi connectivity index (χ3n) is 1.84. The molecule has 0 aromatic carbocycles. The molecule has 0 spiro atoms. The molecule has 1 aliphatic heterocycles. The van der Waals surface area contributed by atoms with Gasteiger partial charge in [-0.15, -0.1) is 0 Å². The first-order valence-electron chi connectivity index (χ1n) is 3.46. The maximum Gasteiger partial charge on any atom is 0.308 e. The van der Waals surface area contributed by atoms with Crippen LogP contribution in [0.15, 0.2) is 0 Å². The molecule has 0 saturated carbocycles. The number of aliphatic carboxylic acids is 1. The van der Waals surface area contributed by atoms with E-state index in [-0.39, 0.29) is 6.61 Å². The highest BCUT2D eigenvalue weighted by Gasteiger charge is 2.31. The number of ether oxygens (including phenoxy) is 1. The van der Waals surface area contributed by atoms with Gasteiger partial charge in [0.05, 0.1) is 24.5 Å². The SMILES string of the molecule is N#C[C@@H]1COCC[C@H]1C(=O)O. The lowest BCUT2D eigenvalue weighted by Crippen LogP contribution is -2.31. The van der Waals surface area contributed by atoms with Crippen LogP contribution < -0.4 is 0 Å². The van der Waals surface area contributed by atoms with Gasteiger partial charge in [-0.2, -0.15) is 5.26 Å². The van der Waals surface area contributed by atoms with Crippen LogP contribution in [0, 0.1) is 23.2 Å². The summed E-state index contributed by atoms with van der Waals surface area (Å²) in [5, 5.41) is 17.2. The van der Waals surface area contributed by atoms with Gasteiger partial charge in [-0.1, -0.05) is 0 Å². The van der Waals surface area contributed by atoms with Gasteiger partial charge in [-0.3, -0.25) is 4.79 Å². The Hall–Kier alpha value is -1.08. The molecule has 4 nitrogen and oxygen atoms in total. The molecule has 11 heavy (non-hydrogen) atoms. The van der Waals surface area contributed by atoms with Gasteiger partial charge in [-0.25, -0.2) is 0 Å². The normalized spacial score (nSPS) is 30.8. The lowest BCUT2D eigenvalue weighted by Gasteiger charge is -2.22. The van der Waals surface area contributed by atoms with E-state index < -0.39 is 17.8 Å². The van der Waals surface area contributed by atoms with E-state index in [1.54, 1.807) is 0 Å². The molecule has 0 radical (unpaired) electrons. The number of rotatable bonds is 1. The van der Waals surface area contributed by atoms with Crippen molar-refractivity contribution < 1.29 is 14.6 Å². The maximum atomic E-state index is 10.5. The van der Waals surface area contributed by atoms with Gasteiger partial charge in [0, 0.05) is 6.61 Å². The van der Waals surface area contributed by atoms with Crippen LogP contribution in [-0.4, -0.2) is 24.3 Å². The highest BCUT2D eigenvalue weighted by Crippen LogP contribution is 2.20. The highest BCUT2D eigenvalue weighted by atomic mass is 16.5. The van der Waals surface area contributed by atoms with E-state index in [0.717, 1.165) is 0 Å². The minimum atomic E-state index is -0.889. The molecule has 0 aromatic rings. The molecule has 1 fully saturated rings. The first-order chi connectivity index (χ1) is 5.25. The molecule has 0 aliphatic carbocycles. The molecule has 2 atom stereocenters. The van der Waals surface area contributed by atoms with Crippen molar-refractivity contribution in [2.45, 2.75) is 6.42 Å². The summed E-state index contributed by atoms with van der Waals surface area (Å²) in [7, 11) is 0. The van der Waals surface area contributed by atoms with E-state index in [2.05, 4.69) is 0 Å². The lowest BCUT2D eigenvalue weighted by molar-refractivity contribution is -0.146. The second-order valence-corrected chi connectivity index (χ2v) is 2.54. The number of hydrogen-bond acceptors (Lipinski definition) is 3. The molecular formula is C7H9NO3. The fraction of sp³-hybridized carbons (Fsp3) is 0.714. The Balaban J connectivity index is 2.60. The number of hydrogen-bond donors (Lipinski definition) is 1. The zero-order chi connectivity index (χ0) is 8.27. The lowest BCUT2D eigenvalue weighted by atomic mass is 9.90. The van der Waals surface area contributed by atoms with Crippen LogP contribution in [0.4, 0.5) is 0 Å². The average molecular weight is 155 g/mol. The Morgan fingerprint density at radius 1 is 1.73 bits per heavy atom. The van der Waals surface area contributed by atoms with Crippen molar-refractivity contribution in [2.24, 2.45) is 11.8 Å². The topological polar surface area (TPSA) is 70.3 Å². The molecule has 60 valence electrons. The zero-order valence-corrected chi connectivity index (χ0v) is 5.99. The Bertz CT molecular complexity index is 196. The maximum absolute atomic E-state index is 10.5.